The Labute approximate surface area is 121 Å². The summed E-state index contributed by atoms with van der Waals surface area (Å²) in [6, 6.07) is 0.466. The molecule has 0 saturated carbocycles. The highest BCUT2D eigenvalue weighted by Gasteiger charge is 2.11. The van der Waals surface area contributed by atoms with Gasteiger partial charge in [0.25, 0.3) is 0 Å². The van der Waals surface area contributed by atoms with Gasteiger partial charge in [-0.2, -0.15) is 15.0 Å². The van der Waals surface area contributed by atoms with Crippen molar-refractivity contribution in [3.8, 4) is 6.01 Å². The summed E-state index contributed by atoms with van der Waals surface area (Å²) < 4.78 is 5.45. The molecule has 0 saturated heterocycles. The van der Waals surface area contributed by atoms with Gasteiger partial charge in [-0.3, -0.25) is 0 Å². The fourth-order valence-electron chi connectivity index (χ4n) is 1.84. The molecule has 0 radical (unpaired) electrons. The van der Waals surface area contributed by atoms with Crippen molar-refractivity contribution in [2.75, 3.05) is 30.7 Å². The second-order valence-corrected chi connectivity index (χ2v) is 5.00. The van der Waals surface area contributed by atoms with E-state index < -0.39 is 0 Å². The molecular formula is C13H26N6O. The Balaban J connectivity index is 2.68. The van der Waals surface area contributed by atoms with Crippen LogP contribution < -0.4 is 15.8 Å². The van der Waals surface area contributed by atoms with Crippen LogP contribution in [0.4, 0.5) is 11.9 Å². The van der Waals surface area contributed by atoms with Gasteiger partial charge in [0.05, 0.1) is 6.10 Å². The van der Waals surface area contributed by atoms with E-state index in [0.29, 0.717) is 5.95 Å². The molecule has 1 aromatic heterocycles. The maximum absolute atomic E-state index is 5.67. The summed E-state index contributed by atoms with van der Waals surface area (Å²) in [6.45, 7) is 13.1. The summed E-state index contributed by atoms with van der Waals surface area (Å²) in [5.74, 6) is 0.612. The lowest BCUT2D eigenvalue weighted by molar-refractivity contribution is 0.222. The minimum atomic E-state index is -0.00209. The number of likely N-dealkylation sites (N-methyl/N-ethyl adjacent to an activating group) is 1. The summed E-state index contributed by atoms with van der Waals surface area (Å²) in [5.41, 5.74) is 5.67. The van der Waals surface area contributed by atoms with Crippen LogP contribution in [0.5, 0.6) is 6.01 Å². The van der Waals surface area contributed by atoms with Gasteiger partial charge in [0.15, 0.2) is 0 Å². The molecule has 1 atom stereocenters. The van der Waals surface area contributed by atoms with Crippen LogP contribution >= 0.6 is 0 Å². The Kier molecular flexibility index (Phi) is 6.44. The van der Waals surface area contributed by atoms with Gasteiger partial charge in [0.1, 0.15) is 0 Å². The molecule has 1 rings (SSSR count). The summed E-state index contributed by atoms with van der Waals surface area (Å²) in [6.07, 6.45) is -0.00209. The van der Waals surface area contributed by atoms with Crippen LogP contribution in [0, 0.1) is 0 Å². The molecule has 0 amide bonds. The highest BCUT2D eigenvalue weighted by molar-refractivity contribution is 5.33. The van der Waals surface area contributed by atoms with Gasteiger partial charge >= 0.3 is 6.01 Å². The molecule has 0 aliphatic carbocycles. The first kappa shape index (κ1) is 16.4. The Bertz CT molecular complexity index is 408. The quantitative estimate of drug-likeness (QED) is 0.744. The van der Waals surface area contributed by atoms with Crippen molar-refractivity contribution in [1.29, 1.82) is 0 Å². The summed E-state index contributed by atoms with van der Waals surface area (Å²) >= 11 is 0. The predicted octanol–water partition coefficient (Wildman–Crippen LogP) is 1.38. The lowest BCUT2D eigenvalue weighted by Crippen LogP contribution is -2.35. The molecule has 7 heteroatoms. The molecule has 0 bridgehead atoms. The molecule has 1 aromatic rings. The van der Waals surface area contributed by atoms with E-state index in [0.717, 1.165) is 19.6 Å². The van der Waals surface area contributed by atoms with Gasteiger partial charge in [-0.05, 0) is 33.9 Å². The lowest BCUT2D eigenvalue weighted by atomic mass is 10.3. The second kappa shape index (κ2) is 7.84. The van der Waals surface area contributed by atoms with Crippen LogP contribution in [0.25, 0.3) is 0 Å². The Hall–Kier alpha value is -1.63. The molecule has 0 aromatic carbocycles. The van der Waals surface area contributed by atoms with Gasteiger partial charge in [-0.15, -0.1) is 0 Å². The maximum Gasteiger partial charge on any atom is 0.323 e. The molecule has 1 heterocycles. The molecule has 0 aliphatic heterocycles. The number of rotatable bonds is 8. The van der Waals surface area contributed by atoms with E-state index in [1.54, 1.807) is 0 Å². The van der Waals surface area contributed by atoms with Crippen LogP contribution in [-0.4, -0.2) is 51.6 Å². The van der Waals surface area contributed by atoms with E-state index >= 15 is 0 Å². The van der Waals surface area contributed by atoms with Crippen LogP contribution in [-0.2, 0) is 0 Å². The third kappa shape index (κ3) is 5.56. The smallest absolute Gasteiger partial charge is 0.323 e. The third-order valence-corrected chi connectivity index (χ3v) is 2.78. The normalized spacial score (nSPS) is 12.8. The summed E-state index contributed by atoms with van der Waals surface area (Å²) in [7, 11) is 0. The van der Waals surface area contributed by atoms with E-state index in [1.165, 1.54) is 0 Å². The van der Waals surface area contributed by atoms with E-state index in [1.807, 2.05) is 13.8 Å². The zero-order chi connectivity index (χ0) is 15.1. The van der Waals surface area contributed by atoms with Gasteiger partial charge < -0.3 is 20.7 Å². The van der Waals surface area contributed by atoms with Crippen molar-refractivity contribution in [2.45, 2.75) is 46.8 Å². The first-order valence-electron chi connectivity index (χ1n) is 7.11. The first-order valence-corrected chi connectivity index (χ1v) is 7.11. The van der Waals surface area contributed by atoms with Crippen molar-refractivity contribution in [1.82, 2.24) is 19.9 Å². The zero-order valence-corrected chi connectivity index (χ0v) is 13.1. The number of anilines is 2. The number of aromatic nitrogens is 3. The maximum atomic E-state index is 5.67. The number of nitrogens with zero attached hydrogens (tertiary/aromatic N) is 4. The molecule has 0 spiro atoms. The van der Waals surface area contributed by atoms with Gasteiger partial charge in [0.2, 0.25) is 11.9 Å². The molecule has 3 N–H and O–H groups in total. The Morgan fingerprint density at radius 2 is 1.80 bits per heavy atom. The van der Waals surface area contributed by atoms with Gasteiger partial charge in [0, 0.05) is 12.6 Å². The zero-order valence-electron chi connectivity index (χ0n) is 13.1. The van der Waals surface area contributed by atoms with Crippen molar-refractivity contribution in [3.63, 3.8) is 0 Å². The lowest BCUT2D eigenvalue weighted by Gasteiger charge is -2.23. The van der Waals surface area contributed by atoms with Crippen LogP contribution in [0.1, 0.15) is 34.6 Å². The first-order chi connectivity index (χ1) is 9.44. The SMILES string of the molecule is CCN(CC)CC(C)Nc1nc(N)nc(OC(C)C)n1. The standard InChI is InChI=1S/C13H26N6O/c1-6-19(7-2)8-10(5)15-12-16-11(14)17-13(18-12)20-9(3)4/h9-10H,6-8H2,1-5H3,(H3,14,15,16,17,18). The van der Waals surface area contributed by atoms with Crippen molar-refractivity contribution in [2.24, 2.45) is 0 Å². The number of ether oxygens (including phenoxy) is 1. The van der Waals surface area contributed by atoms with Gasteiger partial charge in [-0.25, -0.2) is 0 Å². The second-order valence-electron chi connectivity index (χ2n) is 5.00. The molecule has 20 heavy (non-hydrogen) atoms. The molecule has 114 valence electrons. The number of hydrogen-bond donors (Lipinski definition) is 2. The fraction of sp³-hybridized carbons (Fsp3) is 0.769. The average molecular weight is 282 g/mol. The average Bonchev–Trinajstić information content (AvgIpc) is 2.34. The van der Waals surface area contributed by atoms with Crippen LogP contribution in [0.2, 0.25) is 0 Å². The molecule has 0 fully saturated rings. The highest BCUT2D eigenvalue weighted by Crippen LogP contribution is 2.11. The summed E-state index contributed by atoms with van der Waals surface area (Å²) in [4.78, 5) is 14.6. The predicted molar refractivity (Wildman–Crippen MR) is 80.9 cm³/mol. The van der Waals surface area contributed by atoms with E-state index in [9.17, 15) is 0 Å². The topological polar surface area (TPSA) is 89.2 Å². The van der Waals surface area contributed by atoms with Crippen LogP contribution in [0.15, 0.2) is 0 Å². The molecule has 7 nitrogen and oxygen atoms in total. The van der Waals surface area contributed by atoms with Crippen molar-refractivity contribution in [3.05, 3.63) is 0 Å². The van der Waals surface area contributed by atoms with E-state index in [-0.39, 0.29) is 24.1 Å². The monoisotopic (exact) mass is 282 g/mol. The third-order valence-electron chi connectivity index (χ3n) is 2.78. The molecule has 1 unspecified atom stereocenters. The molecular weight excluding hydrogens is 256 g/mol. The van der Waals surface area contributed by atoms with E-state index in [2.05, 4.69) is 45.9 Å². The summed E-state index contributed by atoms with van der Waals surface area (Å²) in [5, 5.41) is 3.23. The Morgan fingerprint density at radius 1 is 1.15 bits per heavy atom. The minimum Gasteiger partial charge on any atom is -0.461 e. The number of nitrogen functional groups attached to an aromatic ring is 1. The largest absolute Gasteiger partial charge is 0.461 e. The van der Waals surface area contributed by atoms with E-state index in [4.69, 9.17) is 10.5 Å². The van der Waals surface area contributed by atoms with Crippen LogP contribution in [0.3, 0.4) is 0 Å². The number of hydrogen-bond acceptors (Lipinski definition) is 7. The van der Waals surface area contributed by atoms with Gasteiger partial charge in [-0.1, -0.05) is 13.8 Å². The highest BCUT2D eigenvalue weighted by atomic mass is 16.5. The molecule has 0 aliphatic rings. The number of nitrogens with one attached hydrogen (secondary N) is 1. The van der Waals surface area contributed by atoms with Crippen molar-refractivity contribution >= 4 is 11.9 Å². The van der Waals surface area contributed by atoms with Crippen molar-refractivity contribution < 1.29 is 4.74 Å². The Morgan fingerprint density at radius 3 is 2.35 bits per heavy atom. The fourth-order valence-corrected chi connectivity index (χ4v) is 1.84. The number of nitrogens with two attached hydrogens (primary N) is 1. The minimum absolute atomic E-state index is 0.00209.